The van der Waals surface area contributed by atoms with Crippen LogP contribution in [0.2, 0.25) is 0 Å². The average Bonchev–Trinajstić information content (AvgIpc) is 2.89. The molecule has 3 aromatic rings. The van der Waals surface area contributed by atoms with Gasteiger partial charge in [0.1, 0.15) is 0 Å². The van der Waals surface area contributed by atoms with E-state index in [1.54, 1.807) is 6.07 Å². The second kappa shape index (κ2) is 13.0. The number of hydrogen-bond donors (Lipinski definition) is 2. The highest BCUT2D eigenvalue weighted by Gasteiger charge is 2.23. The number of carboxylic acid groups (broad SMARTS) is 1. The van der Waals surface area contributed by atoms with E-state index in [-0.39, 0.29) is 18.9 Å². The van der Waals surface area contributed by atoms with Gasteiger partial charge in [-0.2, -0.15) is 0 Å². The summed E-state index contributed by atoms with van der Waals surface area (Å²) < 4.78 is 0. The molecule has 0 atom stereocenters. The van der Waals surface area contributed by atoms with Gasteiger partial charge in [-0.05, 0) is 35.9 Å². The van der Waals surface area contributed by atoms with Crippen molar-refractivity contribution < 1.29 is 14.7 Å². The predicted molar refractivity (Wildman–Crippen MR) is 140 cm³/mol. The summed E-state index contributed by atoms with van der Waals surface area (Å²) >= 11 is 0. The molecule has 1 heterocycles. The van der Waals surface area contributed by atoms with Crippen LogP contribution in [-0.2, 0) is 6.54 Å². The van der Waals surface area contributed by atoms with Crippen LogP contribution in [0.4, 0.5) is 11.4 Å². The van der Waals surface area contributed by atoms with Crippen molar-refractivity contribution >= 4 is 23.3 Å². The Morgan fingerprint density at radius 3 is 2.03 bits per heavy atom. The number of hydrogen-bond acceptors (Lipinski definition) is 4. The van der Waals surface area contributed by atoms with E-state index < -0.39 is 5.97 Å². The molecule has 0 unspecified atom stereocenters. The van der Waals surface area contributed by atoms with Crippen LogP contribution in [0.3, 0.4) is 0 Å². The Morgan fingerprint density at radius 1 is 0.853 bits per heavy atom. The first kappa shape index (κ1) is 26.5. The Bertz CT molecular complexity index is 1050. The molecule has 0 spiro atoms. The topological polar surface area (TPSA) is 72.9 Å². The minimum absolute atomic E-state index is 0. The zero-order chi connectivity index (χ0) is 23.6. The summed E-state index contributed by atoms with van der Waals surface area (Å²) in [6.45, 7) is 7.19. The predicted octanol–water partition coefficient (Wildman–Crippen LogP) is 5.62. The number of carboxylic acids is 1. The van der Waals surface area contributed by atoms with Crippen LogP contribution in [0.15, 0.2) is 78.9 Å². The van der Waals surface area contributed by atoms with Crippen LogP contribution >= 0.6 is 0 Å². The fraction of sp³-hybridized carbons (Fsp3) is 0.286. The highest BCUT2D eigenvalue weighted by molar-refractivity contribution is 5.95. The monoisotopic (exact) mass is 461 g/mol. The van der Waals surface area contributed by atoms with E-state index in [9.17, 15) is 14.7 Å². The van der Waals surface area contributed by atoms with Crippen LogP contribution in [0.5, 0.6) is 0 Å². The quantitative estimate of drug-likeness (QED) is 0.498. The SMILES string of the molecule is C.CC.O=C(O)c1ccc(N2CCN(C(=O)c3ccccc3)CC2)cc1NCc1ccccc1. The van der Waals surface area contributed by atoms with E-state index in [0.717, 1.165) is 11.3 Å². The van der Waals surface area contributed by atoms with Crippen LogP contribution < -0.4 is 10.2 Å². The first-order chi connectivity index (χ1) is 16.1. The van der Waals surface area contributed by atoms with Crippen molar-refractivity contribution in [2.45, 2.75) is 27.8 Å². The molecule has 0 aromatic heterocycles. The summed E-state index contributed by atoms with van der Waals surface area (Å²) in [7, 11) is 0. The number of amides is 1. The van der Waals surface area contributed by atoms with Crippen molar-refractivity contribution in [3.8, 4) is 0 Å². The molecule has 0 radical (unpaired) electrons. The third-order valence-corrected chi connectivity index (χ3v) is 5.51. The summed E-state index contributed by atoms with van der Waals surface area (Å²) in [6, 6.07) is 24.6. The van der Waals surface area contributed by atoms with Crippen LogP contribution in [0, 0.1) is 0 Å². The summed E-state index contributed by atoms with van der Waals surface area (Å²) in [5.74, 6) is -0.910. The fourth-order valence-corrected chi connectivity index (χ4v) is 3.79. The number of benzene rings is 3. The minimum atomic E-state index is -0.958. The van der Waals surface area contributed by atoms with Crippen LogP contribution in [0.1, 0.15) is 47.6 Å². The molecular weight excluding hydrogens is 426 g/mol. The van der Waals surface area contributed by atoms with Gasteiger partial charge in [-0.25, -0.2) is 4.79 Å². The second-order valence-electron chi connectivity index (χ2n) is 7.52. The van der Waals surface area contributed by atoms with E-state index in [2.05, 4.69) is 10.2 Å². The molecule has 1 aliphatic rings. The lowest BCUT2D eigenvalue weighted by molar-refractivity contribution is 0.0696. The molecular formula is C28H35N3O3. The highest BCUT2D eigenvalue weighted by Crippen LogP contribution is 2.26. The van der Waals surface area contributed by atoms with Gasteiger partial charge in [-0.3, -0.25) is 4.79 Å². The van der Waals surface area contributed by atoms with Crippen molar-refractivity contribution in [1.29, 1.82) is 0 Å². The second-order valence-corrected chi connectivity index (χ2v) is 7.52. The third-order valence-electron chi connectivity index (χ3n) is 5.51. The maximum atomic E-state index is 12.7. The Hall–Kier alpha value is -3.80. The summed E-state index contributed by atoms with van der Waals surface area (Å²) in [4.78, 5) is 28.4. The first-order valence-corrected chi connectivity index (χ1v) is 11.4. The number of piperazine rings is 1. The number of rotatable bonds is 6. The Balaban J connectivity index is 0.00000133. The number of nitrogens with zero attached hydrogens (tertiary/aromatic N) is 2. The molecule has 0 bridgehead atoms. The van der Waals surface area contributed by atoms with Gasteiger partial charge in [0.2, 0.25) is 0 Å². The van der Waals surface area contributed by atoms with E-state index >= 15 is 0 Å². The van der Waals surface area contributed by atoms with Crippen LogP contribution in [0.25, 0.3) is 0 Å². The van der Waals surface area contributed by atoms with Crippen molar-refractivity contribution in [1.82, 2.24) is 4.90 Å². The Morgan fingerprint density at radius 2 is 1.44 bits per heavy atom. The van der Waals surface area contributed by atoms with Gasteiger partial charge in [0.05, 0.1) is 11.3 Å². The van der Waals surface area contributed by atoms with Crippen molar-refractivity contribution in [3.63, 3.8) is 0 Å². The molecule has 34 heavy (non-hydrogen) atoms. The summed E-state index contributed by atoms with van der Waals surface area (Å²) in [6.07, 6.45) is 0. The van der Waals surface area contributed by atoms with Crippen molar-refractivity contribution in [2.75, 3.05) is 36.4 Å². The number of nitrogens with one attached hydrogen (secondary N) is 1. The lowest BCUT2D eigenvalue weighted by atomic mass is 10.1. The Labute approximate surface area is 202 Å². The molecule has 1 aliphatic heterocycles. The van der Waals surface area contributed by atoms with Gasteiger partial charge in [-0.15, -0.1) is 0 Å². The zero-order valence-corrected chi connectivity index (χ0v) is 19.2. The van der Waals surface area contributed by atoms with E-state index in [1.165, 1.54) is 0 Å². The molecule has 6 heteroatoms. The average molecular weight is 462 g/mol. The van der Waals surface area contributed by atoms with E-state index in [0.29, 0.717) is 44.0 Å². The number of anilines is 2. The van der Waals surface area contributed by atoms with Gasteiger partial charge >= 0.3 is 5.97 Å². The fourth-order valence-electron chi connectivity index (χ4n) is 3.79. The van der Waals surface area contributed by atoms with Gasteiger partial charge in [-0.1, -0.05) is 69.8 Å². The maximum Gasteiger partial charge on any atom is 0.337 e. The molecule has 1 fully saturated rings. The Kier molecular flexibility index (Phi) is 10.1. The molecule has 0 aliphatic carbocycles. The lowest BCUT2D eigenvalue weighted by Crippen LogP contribution is -2.48. The maximum absolute atomic E-state index is 12.7. The van der Waals surface area contributed by atoms with Gasteiger partial charge in [0.15, 0.2) is 0 Å². The standard InChI is InChI=1S/C25H25N3O3.C2H6.CH4/c29-24(20-9-5-2-6-10-20)28-15-13-27(14-16-28)21-11-12-22(25(30)31)23(17-21)26-18-19-7-3-1-4-8-19;1-2;/h1-12,17,26H,13-16,18H2,(H,30,31);1-2H3;1H4. The van der Waals surface area contributed by atoms with Gasteiger partial charge in [0, 0.05) is 44.0 Å². The summed E-state index contributed by atoms with van der Waals surface area (Å²) in [5, 5.41) is 12.8. The molecule has 180 valence electrons. The molecule has 1 amide bonds. The van der Waals surface area contributed by atoms with Crippen LogP contribution in [-0.4, -0.2) is 48.1 Å². The molecule has 4 rings (SSSR count). The molecule has 2 N–H and O–H groups in total. The third kappa shape index (κ3) is 6.61. The number of carbonyl (C=O) groups is 2. The smallest absolute Gasteiger partial charge is 0.337 e. The molecule has 0 saturated carbocycles. The van der Waals surface area contributed by atoms with E-state index in [1.807, 2.05) is 91.5 Å². The number of aromatic carboxylic acids is 1. The summed E-state index contributed by atoms with van der Waals surface area (Å²) in [5.41, 5.74) is 3.58. The highest BCUT2D eigenvalue weighted by atomic mass is 16.4. The zero-order valence-electron chi connectivity index (χ0n) is 19.2. The van der Waals surface area contributed by atoms with Gasteiger partial charge in [0.25, 0.3) is 5.91 Å². The number of carbonyl (C=O) groups excluding carboxylic acids is 1. The van der Waals surface area contributed by atoms with E-state index in [4.69, 9.17) is 0 Å². The molecule has 6 nitrogen and oxygen atoms in total. The molecule has 1 saturated heterocycles. The first-order valence-electron chi connectivity index (χ1n) is 11.4. The largest absolute Gasteiger partial charge is 0.478 e. The van der Waals surface area contributed by atoms with Crippen molar-refractivity contribution in [3.05, 3.63) is 95.6 Å². The molecule has 3 aromatic carbocycles. The normalized spacial score (nSPS) is 12.6. The van der Waals surface area contributed by atoms with Crippen molar-refractivity contribution in [2.24, 2.45) is 0 Å². The minimum Gasteiger partial charge on any atom is -0.478 e. The van der Waals surface area contributed by atoms with Gasteiger partial charge < -0.3 is 20.2 Å². The lowest BCUT2D eigenvalue weighted by Gasteiger charge is -2.36.